The summed E-state index contributed by atoms with van der Waals surface area (Å²) in [7, 11) is 1.04. The van der Waals surface area contributed by atoms with Gasteiger partial charge in [-0.25, -0.2) is 0 Å². The van der Waals surface area contributed by atoms with Crippen LogP contribution in [-0.2, 0) is 0 Å². The van der Waals surface area contributed by atoms with Gasteiger partial charge in [0.2, 0.25) is 0 Å². The van der Waals surface area contributed by atoms with Gasteiger partial charge in [-0.05, 0) is 5.30 Å². The number of benzene rings is 1. The zero-order valence-electron chi connectivity index (χ0n) is 4.28. The Hall–Kier alpha value is 0. The van der Waals surface area contributed by atoms with Crippen molar-refractivity contribution in [2.24, 2.45) is 0 Å². The van der Waals surface area contributed by atoms with E-state index in [-0.39, 0.29) is 0 Å². The van der Waals surface area contributed by atoms with Crippen molar-refractivity contribution < 1.29 is 0 Å². The Bertz CT molecular complexity index is 150. The van der Waals surface area contributed by atoms with Crippen LogP contribution in [0, 0.1) is 0 Å². The minimum absolute atomic E-state index is 1.04. The lowest BCUT2D eigenvalue weighted by Crippen LogP contribution is -1.85. The van der Waals surface area contributed by atoms with Crippen molar-refractivity contribution in [3.8, 4) is 0 Å². The third kappa shape index (κ3) is 1.50. The van der Waals surface area contributed by atoms with E-state index in [0.29, 0.717) is 0 Å². The molecule has 0 fully saturated rings. The van der Waals surface area contributed by atoms with E-state index in [9.17, 15) is 0 Å². The summed E-state index contributed by atoms with van der Waals surface area (Å²) in [6, 6.07) is 10.1. The molecule has 1 rings (SSSR count). The molecule has 0 heterocycles. The topological polar surface area (TPSA) is 0 Å². The van der Waals surface area contributed by atoms with Crippen molar-refractivity contribution in [2.45, 2.75) is 0 Å². The van der Waals surface area contributed by atoms with Crippen LogP contribution in [0.5, 0.6) is 0 Å². The summed E-state index contributed by atoms with van der Waals surface area (Å²) in [5.74, 6) is 0. The Kier molecular flexibility index (Phi) is 2.38. The maximum absolute atomic E-state index is 4.08. The summed E-state index contributed by atoms with van der Waals surface area (Å²) in [6.45, 7) is 0. The summed E-state index contributed by atoms with van der Waals surface area (Å²) in [5.41, 5.74) is 0. The first-order valence-electron chi connectivity index (χ1n) is 2.33. The minimum Gasteiger partial charge on any atom is -0.141 e. The van der Waals surface area contributed by atoms with Crippen molar-refractivity contribution in [1.82, 2.24) is 0 Å². The first-order valence-corrected chi connectivity index (χ1v) is 4.38. The molecule has 0 atom stereocenters. The molecule has 41 valence electrons. The molecule has 0 aliphatic heterocycles. The van der Waals surface area contributed by atoms with Crippen molar-refractivity contribution in [3.63, 3.8) is 0 Å². The quantitative estimate of drug-likeness (QED) is 0.449. The summed E-state index contributed by atoms with van der Waals surface area (Å²) in [5, 5.41) is 1.25. The molecule has 0 spiro atoms. The van der Waals surface area contributed by atoms with Gasteiger partial charge in [0.05, 0.1) is 0 Å². The Morgan fingerprint density at radius 1 is 1.12 bits per heavy atom. The highest BCUT2D eigenvalue weighted by molar-refractivity contribution is 8.40. The SMILES string of the molecule is S[P]c1ccccc1. The van der Waals surface area contributed by atoms with E-state index in [2.05, 4.69) is 24.4 Å². The molecule has 1 aromatic rings. The van der Waals surface area contributed by atoms with E-state index in [0.717, 1.165) is 7.78 Å². The number of hydrogen-bond donors (Lipinski definition) is 1. The highest BCUT2D eigenvalue weighted by atomic mass is 32.7. The molecule has 0 N–H and O–H groups in total. The lowest BCUT2D eigenvalue weighted by molar-refractivity contribution is 1.78. The molecule has 2 heteroatoms. The van der Waals surface area contributed by atoms with Crippen molar-refractivity contribution in [2.75, 3.05) is 0 Å². The fourth-order valence-electron chi connectivity index (χ4n) is 0.495. The van der Waals surface area contributed by atoms with Crippen LogP contribution >= 0.6 is 20.0 Å². The van der Waals surface area contributed by atoms with Crippen molar-refractivity contribution in [3.05, 3.63) is 30.3 Å². The van der Waals surface area contributed by atoms with Gasteiger partial charge in [0, 0.05) is 7.78 Å². The van der Waals surface area contributed by atoms with Gasteiger partial charge in [0.25, 0.3) is 0 Å². The van der Waals surface area contributed by atoms with Crippen LogP contribution in [0.1, 0.15) is 0 Å². The molecule has 0 aromatic heterocycles. The van der Waals surface area contributed by atoms with E-state index >= 15 is 0 Å². The van der Waals surface area contributed by atoms with Gasteiger partial charge in [-0.15, -0.1) is 12.2 Å². The van der Waals surface area contributed by atoms with E-state index in [1.165, 1.54) is 5.30 Å². The molecule has 0 amide bonds. The second-order valence-electron chi connectivity index (χ2n) is 1.44. The second kappa shape index (κ2) is 3.11. The average Bonchev–Trinajstić information content (AvgIpc) is 1.90. The van der Waals surface area contributed by atoms with Gasteiger partial charge in [0.1, 0.15) is 0 Å². The van der Waals surface area contributed by atoms with Gasteiger partial charge in [-0.3, -0.25) is 0 Å². The standard InChI is InChI=1S/C6H6PS/c8-7-6-4-2-1-3-5-6/h1-5,8H. The minimum atomic E-state index is 1.04. The molecule has 0 aliphatic carbocycles. The van der Waals surface area contributed by atoms with Crippen molar-refractivity contribution in [1.29, 1.82) is 0 Å². The molecule has 0 saturated heterocycles. The highest BCUT2D eigenvalue weighted by Gasteiger charge is 1.81. The lowest BCUT2D eigenvalue weighted by atomic mass is 10.4. The predicted octanol–water partition coefficient (Wildman–Crippen LogP) is 2.10. The third-order valence-electron chi connectivity index (χ3n) is 0.872. The van der Waals surface area contributed by atoms with Crippen LogP contribution in [0.3, 0.4) is 0 Å². The average molecular weight is 141 g/mol. The Morgan fingerprint density at radius 2 is 1.75 bits per heavy atom. The first kappa shape index (κ1) is 6.12. The van der Waals surface area contributed by atoms with Crippen LogP contribution in [0.4, 0.5) is 0 Å². The molecular formula is C6H6PS. The van der Waals surface area contributed by atoms with E-state index in [1.54, 1.807) is 0 Å². The molecule has 0 aliphatic rings. The number of hydrogen-bond acceptors (Lipinski definition) is 1. The van der Waals surface area contributed by atoms with Crippen LogP contribution in [0.25, 0.3) is 0 Å². The van der Waals surface area contributed by atoms with Gasteiger partial charge in [-0.1, -0.05) is 30.3 Å². The summed E-state index contributed by atoms with van der Waals surface area (Å²) in [4.78, 5) is 0. The summed E-state index contributed by atoms with van der Waals surface area (Å²) < 4.78 is 0. The van der Waals surface area contributed by atoms with Crippen molar-refractivity contribution >= 4 is 25.3 Å². The van der Waals surface area contributed by atoms with E-state index in [4.69, 9.17) is 0 Å². The molecule has 8 heavy (non-hydrogen) atoms. The Morgan fingerprint density at radius 3 is 2.12 bits per heavy atom. The highest BCUT2D eigenvalue weighted by Crippen LogP contribution is 2.12. The van der Waals surface area contributed by atoms with Crippen LogP contribution in [0.2, 0.25) is 0 Å². The lowest BCUT2D eigenvalue weighted by Gasteiger charge is -1.87. The molecule has 0 nitrogen and oxygen atoms in total. The maximum atomic E-state index is 4.08. The summed E-state index contributed by atoms with van der Waals surface area (Å²) >= 11 is 4.08. The van der Waals surface area contributed by atoms with Crippen LogP contribution in [-0.4, -0.2) is 0 Å². The van der Waals surface area contributed by atoms with Gasteiger partial charge < -0.3 is 0 Å². The summed E-state index contributed by atoms with van der Waals surface area (Å²) in [6.07, 6.45) is 0. The largest absolute Gasteiger partial charge is 0.141 e. The first-order chi connectivity index (χ1) is 3.93. The molecule has 0 unspecified atom stereocenters. The molecule has 1 radical (unpaired) electrons. The second-order valence-corrected chi connectivity index (χ2v) is 2.75. The molecular weight excluding hydrogens is 135 g/mol. The van der Waals surface area contributed by atoms with Gasteiger partial charge >= 0.3 is 0 Å². The Balaban J connectivity index is 2.83. The zero-order chi connectivity index (χ0) is 5.82. The smallest absolute Gasteiger partial charge is 0.0207 e. The molecule has 1 aromatic carbocycles. The maximum Gasteiger partial charge on any atom is 0.0207 e. The van der Waals surface area contributed by atoms with Crippen LogP contribution in [0.15, 0.2) is 30.3 Å². The molecule has 0 saturated carbocycles. The Labute approximate surface area is 56.2 Å². The zero-order valence-corrected chi connectivity index (χ0v) is 6.07. The van der Waals surface area contributed by atoms with E-state index in [1.807, 2.05) is 18.2 Å². The fraction of sp³-hybridized carbons (Fsp3) is 0. The molecule has 0 bridgehead atoms. The monoisotopic (exact) mass is 141 g/mol. The normalized spacial score (nSPS) is 10.6. The van der Waals surface area contributed by atoms with E-state index < -0.39 is 0 Å². The number of rotatable bonds is 1. The fourth-order valence-corrected chi connectivity index (χ4v) is 1.20. The van der Waals surface area contributed by atoms with Crippen LogP contribution < -0.4 is 5.30 Å². The van der Waals surface area contributed by atoms with Gasteiger partial charge in [0.15, 0.2) is 0 Å². The number of thiol groups is 1. The third-order valence-corrected chi connectivity index (χ3v) is 2.09. The van der Waals surface area contributed by atoms with Gasteiger partial charge in [-0.2, -0.15) is 0 Å². The predicted molar refractivity (Wildman–Crippen MR) is 42.0 cm³/mol.